The lowest BCUT2D eigenvalue weighted by Crippen LogP contribution is -2.53. The second kappa shape index (κ2) is 8.23. The molecule has 0 radical (unpaired) electrons. The van der Waals surface area contributed by atoms with Crippen LogP contribution in [0.5, 0.6) is 5.75 Å². The molecule has 0 unspecified atom stereocenters. The van der Waals surface area contributed by atoms with Crippen molar-refractivity contribution in [1.82, 2.24) is 14.8 Å². The molecule has 2 amide bonds. The van der Waals surface area contributed by atoms with Crippen molar-refractivity contribution in [2.75, 3.05) is 13.7 Å². The van der Waals surface area contributed by atoms with E-state index in [4.69, 9.17) is 28.6 Å². The lowest BCUT2D eigenvalue weighted by Gasteiger charge is -2.27. The highest BCUT2D eigenvalue weighted by atomic mass is 35.5. The van der Waals surface area contributed by atoms with Gasteiger partial charge in [-0.05, 0) is 62.0 Å². The smallest absolute Gasteiger partial charge is 0.265 e. The fourth-order valence-electron chi connectivity index (χ4n) is 3.29. The number of methoxy groups -OCH3 is 1. The molecular formula is C21H20ClN3O3S. The van der Waals surface area contributed by atoms with Crippen LogP contribution < -0.4 is 10.1 Å². The largest absolute Gasteiger partial charge is 0.495 e. The molecule has 1 saturated heterocycles. The number of carbonyl (C=O) groups is 2. The Kier molecular flexibility index (Phi) is 5.91. The number of hydrogen-bond donors (Lipinski definition) is 1. The zero-order chi connectivity index (χ0) is 21.3. The predicted octanol–water partition coefficient (Wildman–Crippen LogP) is 3.57. The highest BCUT2D eigenvalue weighted by Gasteiger charge is 2.33. The van der Waals surface area contributed by atoms with Gasteiger partial charge in [-0.25, -0.2) is 0 Å². The van der Waals surface area contributed by atoms with Crippen LogP contribution in [0.15, 0.2) is 42.5 Å². The summed E-state index contributed by atoms with van der Waals surface area (Å²) in [4.78, 5) is 26.5. The van der Waals surface area contributed by atoms with Crippen LogP contribution in [0.25, 0.3) is 11.8 Å². The Balaban J connectivity index is 2.10. The average molecular weight is 430 g/mol. The van der Waals surface area contributed by atoms with Gasteiger partial charge in [-0.15, -0.1) is 6.58 Å². The van der Waals surface area contributed by atoms with Gasteiger partial charge in [-0.3, -0.25) is 19.8 Å². The number of hydrogen-bond acceptors (Lipinski definition) is 4. The van der Waals surface area contributed by atoms with E-state index in [-0.39, 0.29) is 17.2 Å². The number of amides is 2. The zero-order valence-corrected chi connectivity index (χ0v) is 17.9. The first-order chi connectivity index (χ1) is 13.8. The van der Waals surface area contributed by atoms with E-state index in [9.17, 15) is 9.59 Å². The van der Waals surface area contributed by atoms with Gasteiger partial charge in [0, 0.05) is 23.0 Å². The maximum absolute atomic E-state index is 12.8. The first-order valence-corrected chi connectivity index (χ1v) is 9.59. The van der Waals surface area contributed by atoms with E-state index in [0.717, 1.165) is 22.6 Å². The van der Waals surface area contributed by atoms with Gasteiger partial charge in [0.05, 0.1) is 12.8 Å². The molecule has 1 fully saturated rings. The Morgan fingerprint density at radius 2 is 2.00 bits per heavy atom. The normalized spacial score (nSPS) is 15.7. The van der Waals surface area contributed by atoms with Gasteiger partial charge in [-0.1, -0.05) is 17.7 Å². The lowest BCUT2D eigenvalue weighted by molar-refractivity contribution is -0.128. The molecule has 2 heterocycles. The number of halogens is 1. The number of carbonyl (C=O) groups excluding carboxylic acids is 2. The van der Waals surface area contributed by atoms with Gasteiger partial charge >= 0.3 is 0 Å². The zero-order valence-electron chi connectivity index (χ0n) is 16.3. The third kappa shape index (κ3) is 3.83. The highest BCUT2D eigenvalue weighted by molar-refractivity contribution is 7.80. The molecular weight excluding hydrogens is 410 g/mol. The summed E-state index contributed by atoms with van der Waals surface area (Å²) >= 11 is 11.3. The van der Waals surface area contributed by atoms with Gasteiger partial charge in [-0.2, -0.15) is 0 Å². The Morgan fingerprint density at radius 3 is 2.66 bits per heavy atom. The maximum atomic E-state index is 12.8. The first-order valence-electron chi connectivity index (χ1n) is 8.81. The molecule has 1 N–H and O–H groups in total. The summed E-state index contributed by atoms with van der Waals surface area (Å²) in [5.74, 6) is -0.321. The molecule has 0 atom stereocenters. The molecule has 6 nitrogen and oxygen atoms in total. The van der Waals surface area contributed by atoms with Crippen molar-refractivity contribution >= 4 is 46.8 Å². The second-order valence-corrected chi connectivity index (χ2v) is 7.32. The van der Waals surface area contributed by atoms with E-state index in [1.807, 2.05) is 24.5 Å². The number of benzene rings is 1. The van der Waals surface area contributed by atoms with Crippen molar-refractivity contribution in [2.45, 2.75) is 13.8 Å². The molecule has 1 aliphatic rings. The van der Waals surface area contributed by atoms with Crippen LogP contribution in [-0.2, 0) is 9.59 Å². The molecule has 1 aliphatic heterocycles. The van der Waals surface area contributed by atoms with Crippen LogP contribution in [0.3, 0.4) is 0 Å². The van der Waals surface area contributed by atoms with Crippen molar-refractivity contribution in [3.05, 3.63) is 64.5 Å². The van der Waals surface area contributed by atoms with Crippen molar-refractivity contribution in [3.8, 4) is 11.4 Å². The molecule has 1 aromatic heterocycles. The minimum absolute atomic E-state index is 0.0127. The van der Waals surface area contributed by atoms with E-state index in [1.165, 1.54) is 4.90 Å². The number of aromatic nitrogens is 1. The van der Waals surface area contributed by atoms with E-state index in [2.05, 4.69) is 11.9 Å². The molecule has 1 aromatic carbocycles. The summed E-state index contributed by atoms with van der Waals surface area (Å²) in [6, 6.07) is 7.25. The van der Waals surface area contributed by atoms with Crippen LogP contribution >= 0.6 is 23.8 Å². The van der Waals surface area contributed by atoms with Crippen molar-refractivity contribution in [2.24, 2.45) is 0 Å². The molecule has 0 saturated carbocycles. The van der Waals surface area contributed by atoms with Crippen LogP contribution in [0, 0.1) is 13.8 Å². The summed E-state index contributed by atoms with van der Waals surface area (Å²) < 4.78 is 7.43. The third-order valence-electron chi connectivity index (χ3n) is 4.65. The van der Waals surface area contributed by atoms with Crippen molar-refractivity contribution < 1.29 is 14.3 Å². The van der Waals surface area contributed by atoms with Crippen molar-refractivity contribution in [3.63, 3.8) is 0 Å². The number of nitrogens with zero attached hydrogens (tertiary/aromatic N) is 2. The fraction of sp³-hybridized carbons (Fsp3) is 0.190. The standard InChI is InChI=1S/C21H20ClN3O3S/c1-5-8-24-20(27)16(19(26)23-21(24)29)10-14-9-12(2)25(13(14)3)17-11-15(22)6-7-18(17)28-4/h5-7,9-11H,1,8H2,2-4H3,(H,23,26,29)/b16-10+. The topological polar surface area (TPSA) is 63.6 Å². The molecule has 0 aliphatic carbocycles. The molecule has 0 spiro atoms. The van der Waals surface area contributed by atoms with E-state index >= 15 is 0 Å². The summed E-state index contributed by atoms with van der Waals surface area (Å²) in [7, 11) is 1.59. The number of ether oxygens (including phenoxy) is 1. The highest BCUT2D eigenvalue weighted by Crippen LogP contribution is 2.31. The Labute approximate surface area is 179 Å². The summed E-state index contributed by atoms with van der Waals surface area (Å²) in [5.41, 5.74) is 3.25. The lowest BCUT2D eigenvalue weighted by atomic mass is 10.1. The van der Waals surface area contributed by atoms with Gasteiger partial charge in [0.15, 0.2) is 5.11 Å². The summed E-state index contributed by atoms with van der Waals surface area (Å²) in [6.45, 7) is 7.67. The first kappa shape index (κ1) is 20.8. The average Bonchev–Trinajstić information content (AvgIpc) is 2.95. The Hall–Kier alpha value is -2.90. The molecule has 29 heavy (non-hydrogen) atoms. The summed E-state index contributed by atoms with van der Waals surface area (Å²) in [6.07, 6.45) is 3.13. The Morgan fingerprint density at radius 1 is 1.28 bits per heavy atom. The van der Waals surface area contributed by atoms with Crippen LogP contribution in [-0.4, -0.2) is 40.0 Å². The number of aryl methyl sites for hydroxylation is 1. The minimum Gasteiger partial charge on any atom is -0.495 e. The fourth-order valence-corrected chi connectivity index (χ4v) is 3.70. The van der Waals surface area contributed by atoms with Gasteiger partial charge in [0.1, 0.15) is 11.3 Å². The van der Waals surface area contributed by atoms with E-state index < -0.39 is 11.8 Å². The molecule has 8 heteroatoms. The van der Waals surface area contributed by atoms with Gasteiger partial charge in [0.25, 0.3) is 11.8 Å². The molecule has 2 aromatic rings. The van der Waals surface area contributed by atoms with Gasteiger partial charge < -0.3 is 9.30 Å². The monoisotopic (exact) mass is 429 g/mol. The quantitative estimate of drug-likeness (QED) is 0.341. The maximum Gasteiger partial charge on any atom is 0.265 e. The van der Waals surface area contributed by atoms with Crippen LogP contribution in [0.1, 0.15) is 17.0 Å². The van der Waals surface area contributed by atoms with E-state index in [0.29, 0.717) is 10.8 Å². The third-order valence-corrected chi connectivity index (χ3v) is 5.21. The Bertz CT molecular complexity index is 1070. The molecule has 3 rings (SSSR count). The van der Waals surface area contributed by atoms with Crippen LogP contribution in [0.4, 0.5) is 0 Å². The SMILES string of the molecule is C=CCN1C(=O)/C(=C/c2cc(C)n(-c3cc(Cl)ccc3OC)c2C)C(=O)NC1=S. The van der Waals surface area contributed by atoms with Gasteiger partial charge in [0.2, 0.25) is 0 Å². The number of nitrogens with one attached hydrogen (secondary N) is 1. The minimum atomic E-state index is -0.523. The summed E-state index contributed by atoms with van der Waals surface area (Å²) in [5, 5.41) is 3.20. The number of thiocarbonyl (C=S) groups is 1. The van der Waals surface area contributed by atoms with E-state index in [1.54, 1.807) is 37.5 Å². The predicted molar refractivity (Wildman–Crippen MR) is 117 cm³/mol. The second-order valence-electron chi connectivity index (χ2n) is 6.50. The van der Waals surface area contributed by atoms with Crippen molar-refractivity contribution in [1.29, 1.82) is 0 Å². The molecule has 0 bridgehead atoms. The molecule has 150 valence electrons. The number of rotatable bonds is 5. The van der Waals surface area contributed by atoms with Crippen LogP contribution in [0.2, 0.25) is 5.02 Å².